The summed E-state index contributed by atoms with van der Waals surface area (Å²) in [7, 11) is 7.36. The van der Waals surface area contributed by atoms with Gasteiger partial charge in [0.15, 0.2) is 0 Å². The number of carbonyl (C=O) groups excluding carboxylic acids is 2. The molecule has 6 atom stereocenters. The Morgan fingerprint density at radius 2 is 1.79 bits per heavy atom. The van der Waals surface area contributed by atoms with Gasteiger partial charge in [0.1, 0.15) is 6.61 Å². The predicted octanol–water partition coefficient (Wildman–Crippen LogP) is 3.75. The molecule has 0 spiro atoms. The van der Waals surface area contributed by atoms with Crippen molar-refractivity contribution >= 4 is 11.9 Å². The van der Waals surface area contributed by atoms with E-state index in [0.29, 0.717) is 18.9 Å². The van der Waals surface area contributed by atoms with Gasteiger partial charge in [0, 0.05) is 26.8 Å². The van der Waals surface area contributed by atoms with Crippen molar-refractivity contribution in [2.75, 3.05) is 34.9 Å². The van der Waals surface area contributed by atoms with Gasteiger partial charge in [-0.05, 0) is 45.3 Å². The van der Waals surface area contributed by atoms with Gasteiger partial charge in [0.05, 0.1) is 30.6 Å². The van der Waals surface area contributed by atoms with E-state index in [-0.39, 0.29) is 36.7 Å². The van der Waals surface area contributed by atoms with Gasteiger partial charge < -0.3 is 24.0 Å². The number of rotatable bonds is 13. The molecule has 1 fully saturated rings. The lowest BCUT2D eigenvalue weighted by Gasteiger charge is -2.38. The lowest BCUT2D eigenvalue weighted by molar-refractivity contribution is -0.158. The van der Waals surface area contributed by atoms with Crippen LogP contribution in [0.25, 0.3) is 0 Å². The third-order valence-corrected chi connectivity index (χ3v) is 7.24. The van der Waals surface area contributed by atoms with Crippen molar-refractivity contribution in [3.63, 3.8) is 0 Å². The summed E-state index contributed by atoms with van der Waals surface area (Å²) in [5, 5.41) is 0. The normalized spacial score (nSPS) is 20.6. The quantitative estimate of drug-likeness (QED) is 0.404. The number of hydrogen-bond donors (Lipinski definition) is 0. The molecule has 0 bridgehead atoms. The minimum atomic E-state index is -0.486. The fraction of sp³-hybridized carbons (Fsp3) is 0.704. The summed E-state index contributed by atoms with van der Waals surface area (Å²) in [4.78, 5) is 30.3. The van der Waals surface area contributed by atoms with Gasteiger partial charge in [-0.2, -0.15) is 0 Å². The van der Waals surface area contributed by atoms with Crippen molar-refractivity contribution in [3.05, 3.63) is 35.9 Å². The van der Waals surface area contributed by atoms with Gasteiger partial charge in [-0.25, -0.2) is 0 Å². The van der Waals surface area contributed by atoms with E-state index in [1.165, 1.54) is 0 Å². The van der Waals surface area contributed by atoms with Gasteiger partial charge in [-0.3, -0.25) is 9.59 Å². The summed E-state index contributed by atoms with van der Waals surface area (Å²) in [5.74, 6) is -0.348. The second-order valence-electron chi connectivity index (χ2n) is 9.70. The standard InChI is InChI=1S/C27H44N2O5/c1-8-19(2)25(28(4)5)23(32-6)17-24(30)29-16-12-15-22(29)26(33-7)20(3)27(31)34-18-21-13-10-9-11-14-21/h9-11,13-14,19-20,22-23,25-26H,8,12,15-18H2,1-7H3/t19-,20+,22-,23+,25-,26+/m0/s1. The van der Waals surface area contributed by atoms with Crippen LogP contribution in [-0.2, 0) is 30.4 Å². The van der Waals surface area contributed by atoms with Gasteiger partial charge in [-0.1, -0.05) is 50.6 Å². The van der Waals surface area contributed by atoms with Crippen LogP contribution in [0.4, 0.5) is 0 Å². The maximum absolute atomic E-state index is 13.4. The van der Waals surface area contributed by atoms with Crippen LogP contribution in [0.3, 0.4) is 0 Å². The maximum atomic E-state index is 13.4. The Balaban J connectivity index is 2.06. The highest BCUT2D eigenvalue weighted by Crippen LogP contribution is 2.29. The molecule has 1 amide bonds. The molecule has 0 aromatic heterocycles. The molecule has 0 N–H and O–H groups in total. The number of hydrogen-bond acceptors (Lipinski definition) is 6. The molecule has 1 aliphatic heterocycles. The molecule has 0 unspecified atom stereocenters. The van der Waals surface area contributed by atoms with Crippen molar-refractivity contribution in [1.82, 2.24) is 9.80 Å². The van der Waals surface area contributed by atoms with E-state index in [1.807, 2.05) is 56.3 Å². The summed E-state index contributed by atoms with van der Waals surface area (Å²) in [6, 6.07) is 9.61. The fourth-order valence-corrected chi connectivity index (χ4v) is 5.21. The zero-order valence-corrected chi connectivity index (χ0v) is 22.0. The summed E-state index contributed by atoms with van der Waals surface area (Å²) in [6.45, 7) is 7.08. The first-order valence-electron chi connectivity index (χ1n) is 12.5. The molecule has 1 saturated heterocycles. The minimum Gasteiger partial charge on any atom is -0.461 e. The summed E-state index contributed by atoms with van der Waals surface area (Å²) in [6.07, 6.45) is 2.40. The molecule has 2 rings (SSSR count). The Hall–Kier alpha value is -1.96. The second kappa shape index (κ2) is 13.8. The monoisotopic (exact) mass is 476 g/mol. The van der Waals surface area contributed by atoms with Crippen LogP contribution in [0.2, 0.25) is 0 Å². The van der Waals surface area contributed by atoms with E-state index in [4.69, 9.17) is 14.2 Å². The third-order valence-electron chi connectivity index (χ3n) is 7.24. The van der Waals surface area contributed by atoms with Crippen molar-refractivity contribution < 1.29 is 23.8 Å². The highest BCUT2D eigenvalue weighted by atomic mass is 16.5. The number of likely N-dealkylation sites (tertiary alicyclic amines) is 1. The van der Waals surface area contributed by atoms with Crippen molar-refractivity contribution in [2.45, 2.75) is 77.4 Å². The molecule has 34 heavy (non-hydrogen) atoms. The number of likely N-dealkylation sites (N-methyl/N-ethyl adjacent to an activating group) is 1. The van der Waals surface area contributed by atoms with Crippen molar-refractivity contribution in [2.24, 2.45) is 11.8 Å². The molecule has 1 aliphatic rings. The Morgan fingerprint density at radius 3 is 2.35 bits per heavy atom. The van der Waals surface area contributed by atoms with Crippen molar-refractivity contribution in [3.8, 4) is 0 Å². The second-order valence-corrected chi connectivity index (χ2v) is 9.70. The SMILES string of the molecule is CC[C@H](C)[C@@H]([C@@H](CC(=O)N1CCC[C@H]1[C@H](OC)[C@@H](C)C(=O)OCc1ccccc1)OC)N(C)C. The first-order chi connectivity index (χ1) is 16.2. The van der Waals surface area contributed by atoms with E-state index in [1.54, 1.807) is 14.2 Å². The maximum Gasteiger partial charge on any atom is 0.311 e. The summed E-state index contributed by atoms with van der Waals surface area (Å²) in [5.41, 5.74) is 0.942. The van der Waals surface area contributed by atoms with Gasteiger partial charge >= 0.3 is 5.97 Å². The molecule has 1 heterocycles. The average Bonchev–Trinajstić information content (AvgIpc) is 3.32. The molecular formula is C27H44N2O5. The van der Waals surface area contributed by atoms with E-state index >= 15 is 0 Å². The molecule has 0 aliphatic carbocycles. The Morgan fingerprint density at radius 1 is 1.12 bits per heavy atom. The Bertz CT molecular complexity index is 757. The molecule has 0 radical (unpaired) electrons. The molecule has 0 saturated carbocycles. The number of carbonyl (C=O) groups is 2. The van der Waals surface area contributed by atoms with Gasteiger partial charge in [0.25, 0.3) is 0 Å². The number of amides is 1. The molecule has 1 aromatic carbocycles. The number of esters is 1. The first kappa shape index (κ1) is 28.3. The molecular weight excluding hydrogens is 432 g/mol. The highest BCUT2D eigenvalue weighted by Gasteiger charge is 2.41. The lowest BCUT2D eigenvalue weighted by atomic mass is 9.91. The van der Waals surface area contributed by atoms with E-state index in [0.717, 1.165) is 24.8 Å². The molecule has 192 valence electrons. The smallest absolute Gasteiger partial charge is 0.311 e. The Kier molecular flexibility index (Phi) is 11.5. The van der Waals surface area contributed by atoms with E-state index in [2.05, 4.69) is 18.7 Å². The lowest BCUT2D eigenvalue weighted by Crippen LogP contribution is -2.51. The van der Waals surface area contributed by atoms with E-state index < -0.39 is 12.0 Å². The van der Waals surface area contributed by atoms with Crippen LogP contribution in [-0.4, -0.2) is 80.8 Å². The summed E-state index contributed by atoms with van der Waals surface area (Å²) >= 11 is 0. The zero-order valence-electron chi connectivity index (χ0n) is 22.0. The minimum absolute atomic E-state index is 0.0522. The van der Waals surface area contributed by atoms with Crippen LogP contribution >= 0.6 is 0 Å². The number of nitrogens with zero attached hydrogens (tertiary/aromatic N) is 2. The third kappa shape index (κ3) is 7.27. The molecule has 7 nitrogen and oxygen atoms in total. The van der Waals surface area contributed by atoms with Crippen LogP contribution in [0.15, 0.2) is 30.3 Å². The van der Waals surface area contributed by atoms with E-state index in [9.17, 15) is 9.59 Å². The number of methoxy groups -OCH3 is 2. The fourth-order valence-electron chi connectivity index (χ4n) is 5.21. The number of ether oxygens (including phenoxy) is 3. The predicted molar refractivity (Wildman–Crippen MR) is 133 cm³/mol. The zero-order chi connectivity index (χ0) is 25.3. The average molecular weight is 477 g/mol. The van der Waals surface area contributed by atoms with Crippen molar-refractivity contribution in [1.29, 1.82) is 0 Å². The van der Waals surface area contributed by atoms with Crippen LogP contribution in [0.1, 0.15) is 52.0 Å². The topological polar surface area (TPSA) is 68.3 Å². The molecule has 7 heteroatoms. The van der Waals surface area contributed by atoms with Crippen LogP contribution in [0.5, 0.6) is 0 Å². The number of benzene rings is 1. The van der Waals surface area contributed by atoms with Gasteiger partial charge in [-0.15, -0.1) is 0 Å². The Labute approximate surface area is 205 Å². The van der Waals surface area contributed by atoms with Gasteiger partial charge in [0.2, 0.25) is 5.91 Å². The largest absolute Gasteiger partial charge is 0.461 e. The van der Waals surface area contributed by atoms with Crippen LogP contribution < -0.4 is 0 Å². The highest BCUT2D eigenvalue weighted by molar-refractivity contribution is 5.78. The molecule has 1 aromatic rings. The summed E-state index contributed by atoms with van der Waals surface area (Å²) < 4.78 is 17.2. The van der Waals surface area contributed by atoms with Crippen LogP contribution in [0, 0.1) is 11.8 Å². The first-order valence-corrected chi connectivity index (χ1v) is 12.5.